The van der Waals surface area contributed by atoms with Crippen LogP contribution in [0.1, 0.15) is 40.5 Å². The standard InChI is InChI=1S/C24H40N2O8S2/c1-8-10-24-11-9-17(12-24)18(20(27)25-13-22(2,3)15-33-35(6,29)30)19(24)21(28)26-14-23(4,5)16-34-36(7,31)32/h8-9,11,17-19H,1,10,12-16H2,2-7H3,(H,25,27)(H,26,28). The van der Waals surface area contributed by atoms with E-state index in [2.05, 4.69) is 17.2 Å². The Morgan fingerprint density at radius 1 is 0.972 bits per heavy atom. The van der Waals surface area contributed by atoms with Gasteiger partial charge in [0.1, 0.15) is 0 Å². The van der Waals surface area contributed by atoms with Crippen molar-refractivity contribution in [2.24, 2.45) is 34.0 Å². The highest BCUT2D eigenvalue weighted by Gasteiger charge is 2.59. The SMILES string of the molecule is C=CCC12C=CC(C1)C(C(=O)NCC(C)(C)COS(C)(=O)=O)C2C(=O)NCC(C)(C)COS(C)(=O)=O. The molecule has 2 rings (SSSR count). The fourth-order valence-corrected chi connectivity index (χ4v) is 5.87. The van der Waals surface area contributed by atoms with E-state index in [9.17, 15) is 26.4 Å². The van der Waals surface area contributed by atoms with Gasteiger partial charge >= 0.3 is 0 Å². The topological polar surface area (TPSA) is 145 Å². The van der Waals surface area contributed by atoms with E-state index in [1.165, 1.54) is 0 Å². The quantitative estimate of drug-likeness (QED) is 0.246. The number of hydrogen-bond acceptors (Lipinski definition) is 8. The molecule has 2 aliphatic rings. The summed E-state index contributed by atoms with van der Waals surface area (Å²) in [6.07, 6.45) is 8.88. The lowest BCUT2D eigenvalue weighted by Crippen LogP contribution is -2.50. The maximum atomic E-state index is 13.5. The highest BCUT2D eigenvalue weighted by molar-refractivity contribution is 7.86. The Hall–Kier alpha value is -1.76. The van der Waals surface area contributed by atoms with E-state index in [1.807, 2.05) is 12.2 Å². The van der Waals surface area contributed by atoms with Gasteiger partial charge in [0.2, 0.25) is 11.8 Å². The Morgan fingerprint density at radius 3 is 1.89 bits per heavy atom. The van der Waals surface area contributed by atoms with Gasteiger partial charge in [-0.25, -0.2) is 0 Å². The van der Waals surface area contributed by atoms with Crippen molar-refractivity contribution in [1.29, 1.82) is 0 Å². The van der Waals surface area contributed by atoms with Crippen molar-refractivity contribution in [3.63, 3.8) is 0 Å². The fraction of sp³-hybridized carbons (Fsp3) is 0.750. The number of carbonyl (C=O) groups excluding carboxylic acids is 2. The van der Waals surface area contributed by atoms with Gasteiger partial charge in [0.25, 0.3) is 20.2 Å². The second-order valence-corrected chi connectivity index (χ2v) is 14.9. The van der Waals surface area contributed by atoms with E-state index in [-0.39, 0.29) is 44.0 Å². The highest BCUT2D eigenvalue weighted by Crippen LogP contribution is 2.58. The Balaban J connectivity index is 2.14. The molecule has 2 N–H and O–H groups in total. The van der Waals surface area contributed by atoms with Crippen LogP contribution in [-0.2, 0) is 38.2 Å². The molecule has 2 aliphatic carbocycles. The third-order valence-corrected chi connectivity index (χ3v) is 7.74. The first-order valence-corrected chi connectivity index (χ1v) is 15.5. The number of nitrogens with one attached hydrogen (secondary N) is 2. The zero-order chi connectivity index (χ0) is 27.6. The van der Waals surface area contributed by atoms with Crippen LogP contribution in [0.3, 0.4) is 0 Å². The molecule has 1 saturated carbocycles. The molecule has 0 saturated heterocycles. The van der Waals surface area contributed by atoms with Crippen molar-refractivity contribution in [3.8, 4) is 0 Å². The molecule has 1 fully saturated rings. The molecule has 0 aromatic rings. The second kappa shape index (κ2) is 10.9. The summed E-state index contributed by atoms with van der Waals surface area (Å²) >= 11 is 0. The molecule has 4 atom stereocenters. The minimum atomic E-state index is -3.61. The van der Waals surface area contributed by atoms with E-state index < -0.39 is 48.3 Å². The summed E-state index contributed by atoms with van der Waals surface area (Å²) in [7, 11) is -7.23. The number of allylic oxidation sites excluding steroid dienone is 3. The highest BCUT2D eigenvalue weighted by atomic mass is 32.2. The van der Waals surface area contributed by atoms with E-state index >= 15 is 0 Å². The van der Waals surface area contributed by atoms with Crippen molar-refractivity contribution in [2.45, 2.75) is 40.5 Å². The summed E-state index contributed by atoms with van der Waals surface area (Å²) in [5.74, 6) is -1.90. The van der Waals surface area contributed by atoms with Gasteiger partial charge in [-0.1, -0.05) is 45.9 Å². The first-order chi connectivity index (χ1) is 16.3. The van der Waals surface area contributed by atoms with Gasteiger partial charge in [0.05, 0.1) is 37.6 Å². The first-order valence-electron chi connectivity index (χ1n) is 11.8. The molecule has 0 aromatic heterocycles. The molecule has 0 aliphatic heterocycles. The molecule has 0 radical (unpaired) electrons. The molecular weight excluding hydrogens is 508 g/mol. The number of rotatable bonds is 14. The van der Waals surface area contributed by atoms with Gasteiger partial charge in [-0.3, -0.25) is 18.0 Å². The molecular formula is C24H40N2O8S2. The third kappa shape index (κ3) is 8.39. The molecule has 2 amide bonds. The zero-order valence-corrected chi connectivity index (χ0v) is 23.6. The lowest BCUT2D eigenvalue weighted by atomic mass is 9.70. The third-order valence-electron chi connectivity index (χ3n) is 6.65. The fourth-order valence-electron chi connectivity index (χ4n) is 4.81. The van der Waals surface area contributed by atoms with Crippen molar-refractivity contribution in [1.82, 2.24) is 10.6 Å². The van der Waals surface area contributed by atoms with E-state index in [0.29, 0.717) is 12.8 Å². The van der Waals surface area contributed by atoms with E-state index in [0.717, 1.165) is 12.5 Å². The second-order valence-electron chi connectivity index (χ2n) is 11.7. The monoisotopic (exact) mass is 548 g/mol. The predicted molar refractivity (Wildman–Crippen MR) is 137 cm³/mol. The summed E-state index contributed by atoms with van der Waals surface area (Å²) in [4.78, 5) is 26.8. The molecule has 0 aromatic carbocycles. The minimum Gasteiger partial charge on any atom is -0.355 e. The number of fused-ring (bicyclic) bond motifs is 2. The molecule has 12 heteroatoms. The van der Waals surface area contributed by atoms with Crippen LogP contribution in [0.5, 0.6) is 0 Å². The van der Waals surface area contributed by atoms with Gasteiger partial charge < -0.3 is 10.6 Å². The summed E-state index contributed by atoms with van der Waals surface area (Å²) in [6, 6.07) is 0. The van der Waals surface area contributed by atoms with Gasteiger partial charge in [-0.15, -0.1) is 6.58 Å². The van der Waals surface area contributed by atoms with Crippen LogP contribution < -0.4 is 10.6 Å². The lowest BCUT2D eigenvalue weighted by molar-refractivity contribution is -0.137. The largest absolute Gasteiger partial charge is 0.355 e. The van der Waals surface area contributed by atoms with Gasteiger partial charge in [0.15, 0.2) is 0 Å². The predicted octanol–water partition coefficient (Wildman–Crippen LogP) is 1.61. The molecule has 0 heterocycles. The van der Waals surface area contributed by atoms with Crippen molar-refractivity contribution < 1.29 is 34.8 Å². The molecule has 2 bridgehead atoms. The molecule has 0 spiro atoms. The molecule has 36 heavy (non-hydrogen) atoms. The Labute approximate surface area is 215 Å². The van der Waals surface area contributed by atoms with Crippen LogP contribution >= 0.6 is 0 Å². The molecule has 10 nitrogen and oxygen atoms in total. The van der Waals surface area contributed by atoms with Crippen LogP contribution in [0.25, 0.3) is 0 Å². The first kappa shape index (κ1) is 30.5. The number of carbonyl (C=O) groups is 2. The lowest BCUT2D eigenvalue weighted by Gasteiger charge is -2.36. The van der Waals surface area contributed by atoms with E-state index in [4.69, 9.17) is 8.37 Å². The van der Waals surface area contributed by atoms with Crippen LogP contribution in [0.15, 0.2) is 24.8 Å². The van der Waals surface area contributed by atoms with Gasteiger partial charge in [0, 0.05) is 29.3 Å². The van der Waals surface area contributed by atoms with E-state index in [1.54, 1.807) is 33.8 Å². The maximum Gasteiger partial charge on any atom is 0.264 e. The normalized spacial score (nSPS) is 26.1. The molecule has 4 unspecified atom stereocenters. The van der Waals surface area contributed by atoms with Crippen molar-refractivity contribution >= 4 is 32.1 Å². The van der Waals surface area contributed by atoms with Crippen molar-refractivity contribution in [2.75, 3.05) is 38.8 Å². The van der Waals surface area contributed by atoms with Gasteiger partial charge in [-0.2, -0.15) is 16.8 Å². The number of hydrogen-bond donors (Lipinski definition) is 2. The van der Waals surface area contributed by atoms with Crippen LogP contribution in [0.4, 0.5) is 0 Å². The van der Waals surface area contributed by atoms with Crippen molar-refractivity contribution in [3.05, 3.63) is 24.8 Å². The Kier molecular flexibility index (Phi) is 9.24. The number of amides is 2. The Morgan fingerprint density at radius 2 is 1.44 bits per heavy atom. The minimum absolute atomic E-state index is 0.0882. The van der Waals surface area contributed by atoms with Crippen LogP contribution in [0, 0.1) is 34.0 Å². The smallest absolute Gasteiger partial charge is 0.264 e. The maximum absolute atomic E-state index is 13.5. The summed E-state index contributed by atoms with van der Waals surface area (Å²) in [6.45, 7) is 11.1. The average molecular weight is 549 g/mol. The van der Waals surface area contributed by atoms with Crippen LogP contribution in [-0.4, -0.2) is 67.5 Å². The van der Waals surface area contributed by atoms with Crippen LogP contribution in [0.2, 0.25) is 0 Å². The summed E-state index contributed by atoms with van der Waals surface area (Å²) < 4.78 is 55.2. The summed E-state index contributed by atoms with van der Waals surface area (Å²) in [5, 5.41) is 5.81. The summed E-state index contributed by atoms with van der Waals surface area (Å²) in [5.41, 5.74) is -1.83. The average Bonchev–Trinajstić information content (AvgIpc) is 3.29. The van der Waals surface area contributed by atoms with Gasteiger partial charge in [-0.05, 0) is 18.8 Å². The Bertz CT molecular complexity index is 1100. The zero-order valence-electron chi connectivity index (χ0n) is 22.0. The molecule has 206 valence electrons.